The topological polar surface area (TPSA) is 25.8 Å². The van der Waals surface area contributed by atoms with Crippen LogP contribution >= 0.6 is 0 Å². The third-order valence-electron chi connectivity index (χ3n) is 2.29. The molecule has 3 heteroatoms. The summed E-state index contributed by atoms with van der Waals surface area (Å²) >= 11 is 0. The summed E-state index contributed by atoms with van der Waals surface area (Å²) in [5, 5.41) is 0. The van der Waals surface area contributed by atoms with Crippen molar-refractivity contribution in [1.82, 2.24) is 9.97 Å². The lowest BCUT2D eigenvalue weighted by molar-refractivity contribution is 0.612. The SMILES string of the molecule is CCc1ccc(-c2cnccn2)cc1F. The summed E-state index contributed by atoms with van der Waals surface area (Å²) in [4.78, 5) is 8.06. The second kappa shape index (κ2) is 4.17. The highest BCUT2D eigenvalue weighted by Crippen LogP contribution is 2.19. The van der Waals surface area contributed by atoms with Crippen LogP contribution in [0, 0.1) is 5.82 Å². The van der Waals surface area contributed by atoms with Crippen LogP contribution in [0.2, 0.25) is 0 Å². The van der Waals surface area contributed by atoms with Gasteiger partial charge in [0.2, 0.25) is 0 Å². The van der Waals surface area contributed by atoms with Gasteiger partial charge >= 0.3 is 0 Å². The molecule has 0 spiro atoms. The van der Waals surface area contributed by atoms with Gasteiger partial charge in [-0.3, -0.25) is 9.97 Å². The fourth-order valence-electron chi connectivity index (χ4n) is 1.44. The maximum absolute atomic E-state index is 13.5. The summed E-state index contributed by atoms with van der Waals surface area (Å²) < 4.78 is 13.5. The molecule has 0 aliphatic carbocycles. The summed E-state index contributed by atoms with van der Waals surface area (Å²) in [5.74, 6) is -0.180. The predicted molar refractivity (Wildman–Crippen MR) is 56.8 cm³/mol. The highest BCUT2D eigenvalue weighted by molar-refractivity contribution is 5.58. The lowest BCUT2D eigenvalue weighted by atomic mass is 10.1. The van der Waals surface area contributed by atoms with E-state index in [4.69, 9.17) is 0 Å². The average Bonchev–Trinajstić information content (AvgIpc) is 2.30. The van der Waals surface area contributed by atoms with Gasteiger partial charge in [-0.1, -0.05) is 19.1 Å². The van der Waals surface area contributed by atoms with Crippen molar-refractivity contribution in [2.45, 2.75) is 13.3 Å². The van der Waals surface area contributed by atoms with Gasteiger partial charge in [0.15, 0.2) is 0 Å². The van der Waals surface area contributed by atoms with Crippen molar-refractivity contribution in [2.75, 3.05) is 0 Å². The second-order valence-electron chi connectivity index (χ2n) is 3.25. The minimum absolute atomic E-state index is 0.180. The molecule has 15 heavy (non-hydrogen) atoms. The number of nitrogens with zero attached hydrogens (tertiary/aromatic N) is 2. The first-order valence-electron chi connectivity index (χ1n) is 4.86. The highest BCUT2D eigenvalue weighted by Gasteiger charge is 2.04. The lowest BCUT2D eigenvalue weighted by Crippen LogP contribution is -1.90. The standard InChI is InChI=1S/C12H11FN2/c1-2-9-3-4-10(7-11(9)13)12-8-14-5-6-15-12/h3-8H,2H2,1H3. The molecule has 0 aliphatic rings. The van der Waals surface area contributed by atoms with E-state index in [-0.39, 0.29) is 5.82 Å². The molecule has 1 aromatic carbocycles. The zero-order valence-electron chi connectivity index (χ0n) is 8.44. The van der Waals surface area contributed by atoms with Crippen LogP contribution in [0.15, 0.2) is 36.8 Å². The van der Waals surface area contributed by atoms with E-state index in [2.05, 4.69) is 9.97 Å². The summed E-state index contributed by atoms with van der Waals surface area (Å²) in [6.45, 7) is 1.93. The summed E-state index contributed by atoms with van der Waals surface area (Å²) in [7, 11) is 0. The number of halogens is 1. The van der Waals surface area contributed by atoms with Gasteiger partial charge in [-0.15, -0.1) is 0 Å². The van der Waals surface area contributed by atoms with E-state index in [9.17, 15) is 4.39 Å². The molecule has 0 aliphatic heterocycles. The molecule has 2 nitrogen and oxygen atoms in total. The van der Waals surface area contributed by atoms with Gasteiger partial charge in [-0.05, 0) is 18.1 Å². The number of aromatic nitrogens is 2. The maximum atomic E-state index is 13.5. The van der Waals surface area contributed by atoms with Crippen molar-refractivity contribution in [3.05, 3.63) is 48.2 Å². The molecule has 0 saturated carbocycles. The van der Waals surface area contributed by atoms with E-state index in [1.165, 1.54) is 6.07 Å². The van der Waals surface area contributed by atoms with Crippen LogP contribution in [0.4, 0.5) is 4.39 Å². The Morgan fingerprint density at radius 1 is 1.27 bits per heavy atom. The van der Waals surface area contributed by atoms with Gasteiger partial charge in [-0.2, -0.15) is 0 Å². The van der Waals surface area contributed by atoms with Gasteiger partial charge in [0.05, 0.1) is 11.9 Å². The van der Waals surface area contributed by atoms with Gasteiger partial charge in [-0.25, -0.2) is 4.39 Å². The predicted octanol–water partition coefficient (Wildman–Crippen LogP) is 2.85. The number of hydrogen-bond donors (Lipinski definition) is 0. The molecule has 76 valence electrons. The smallest absolute Gasteiger partial charge is 0.127 e. The Kier molecular flexibility index (Phi) is 2.72. The van der Waals surface area contributed by atoms with Crippen LogP contribution in [-0.2, 0) is 6.42 Å². The largest absolute Gasteiger partial charge is 0.261 e. The first-order valence-corrected chi connectivity index (χ1v) is 4.86. The third-order valence-corrected chi connectivity index (χ3v) is 2.29. The van der Waals surface area contributed by atoms with E-state index in [0.717, 1.165) is 11.1 Å². The van der Waals surface area contributed by atoms with E-state index < -0.39 is 0 Å². The average molecular weight is 202 g/mol. The minimum atomic E-state index is -0.180. The zero-order valence-corrected chi connectivity index (χ0v) is 8.44. The van der Waals surface area contributed by atoms with Crippen LogP contribution in [0.5, 0.6) is 0 Å². The van der Waals surface area contributed by atoms with Crippen molar-refractivity contribution in [3.8, 4) is 11.3 Å². The van der Waals surface area contributed by atoms with Crippen molar-refractivity contribution >= 4 is 0 Å². The molecule has 0 N–H and O–H groups in total. The van der Waals surface area contributed by atoms with E-state index in [1.807, 2.05) is 13.0 Å². The van der Waals surface area contributed by atoms with Crippen LogP contribution in [0.1, 0.15) is 12.5 Å². The van der Waals surface area contributed by atoms with Crippen LogP contribution in [-0.4, -0.2) is 9.97 Å². The third kappa shape index (κ3) is 2.01. The first-order chi connectivity index (χ1) is 7.31. The van der Waals surface area contributed by atoms with E-state index >= 15 is 0 Å². The number of aryl methyl sites for hydroxylation is 1. The second-order valence-corrected chi connectivity index (χ2v) is 3.25. The number of rotatable bonds is 2. The van der Waals surface area contributed by atoms with Crippen LogP contribution in [0.3, 0.4) is 0 Å². The lowest BCUT2D eigenvalue weighted by Gasteiger charge is -2.03. The number of hydrogen-bond acceptors (Lipinski definition) is 2. The molecule has 1 heterocycles. The van der Waals surface area contributed by atoms with Gasteiger partial charge < -0.3 is 0 Å². The Balaban J connectivity index is 2.43. The molecule has 1 aromatic heterocycles. The van der Waals surface area contributed by atoms with E-state index in [0.29, 0.717) is 12.1 Å². The Morgan fingerprint density at radius 3 is 2.73 bits per heavy atom. The molecular formula is C12H11FN2. The molecule has 0 bridgehead atoms. The van der Waals surface area contributed by atoms with Gasteiger partial charge in [0, 0.05) is 18.0 Å². The quantitative estimate of drug-likeness (QED) is 0.748. The van der Waals surface area contributed by atoms with Crippen LogP contribution in [0.25, 0.3) is 11.3 Å². The zero-order chi connectivity index (χ0) is 10.7. The van der Waals surface area contributed by atoms with Crippen LogP contribution < -0.4 is 0 Å². The molecule has 0 atom stereocenters. The normalized spacial score (nSPS) is 10.3. The Bertz CT molecular complexity index is 454. The molecule has 2 rings (SSSR count). The first kappa shape index (κ1) is 9.77. The Hall–Kier alpha value is -1.77. The maximum Gasteiger partial charge on any atom is 0.127 e. The fourth-order valence-corrected chi connectivity index (χ4v) is 1.44. The van der Waals surface area contributed by atoms with Crippen molar-refractivity contribution in [2.24, 2.45) is 0 Å². The van der Waals surface area contributed by atoms with Crippen molar-refractivity contribution in [3.63, 3.8) is 0 Å². The fraction of sp³-hybridized carbons (Fsp3) is 0.167. The summed E-state index contributed by atoms with van der Waals surface area (Å²) in [6.07, 6.45) is 5.52. The number of benzene rings is 1. The van der Waals surface area contributed by atoms with Gasteiger partial charge in [0.1, 0.15) is 5.82 Å². The monoisotopic (exact) mass is 202 g/mol. The summed E-state index contributed by atoms with van der Waals surface area (Å²) in [5.41, 5.74) is 2.18. The molecule has 0 fully saturated rings. The summed E-state index contributed by atoms with van der Waals surface area (Å²) in [6, 6.07) is 5.16. The Labute approximate surface area is 87.8 Å². The molecule has 0 radical (unpaired) electrons. The molecular weight excluding hydrogens is 191 g/mol. The highest BCUT2D eigenvalue weighted by atomic mass is 19.1. The Morgan fingerprint density at radius 2 is 2.13 bits per heavy atom. The van der Waals surface area contributed by atoms with Crippen molar-refractivity contribution in [1.29, 1.82) is 0 Å². The molecule has 0 saturated heterocycles. The van der Waals surface area contributed by atoms with Crippen molar-refractivity contribution < 1.29 is 4.39 Å². The molecule has 0 amide bonds. The van der Waals surface area contributed by atoms with Gasteiger partial charge in [0.25, 0.3) is 0 Å². The minimum Gasteiger partial charge on any atom is -0.261 e. The molecule has 2 aromatic rings. The molecule has 0 unspecified atom stereocenters. The van der Waals surface area contributed by atoms with E-state index in [1.54, 1.807) is 24.7 Å².